The van der Waals surface area contributed by atoms with E-state index in [4.69, 9.17) is 0 Å². The van der Waals surface area contributed by atoms with Crippen LogP contribution in [0.15, 0.2) is 23.1 Å². The first-order valence-electron chi connectivity index (χ1n) is 7.38. The highest BCUT2D eigenvalue weighted by atomic mass is 32.2. The number of nitrogens with zero attached hydrogens (tertiary/aromatic N) is 1. The average molecular weight is 311 g/mol. The number of hydrogen-bond donors (Lipinski definition) is 1. The fourth-order valence-electron chi connectivity index (χ4n) is 2.65. The third kappa shape index (κ3) is 3.30. The number of aliphatic hydroxyl groups is 1. The molecule has 1 aromatic carbocycles. The van der Waals surface area contributed by atoms with Crippen molar-refractivity contribution in [3.05, 3.63) is 29.3 Å². The Morgan fingerprint density at radius 3 is 2.52 bits per heavy atom. The Kier molecular flexibility index (Phi) is 4.47. The molecule has 0 aromatic heterocycles. The molecule has 5 heteroatoms. The number of hydrogen-bond acceptors (Lipinski definition) is 3. The SMILES string of the molecule is Cc1ccc(C(C)(C)C)cc1S(=O)(=O)N1CCC(CO)C1. The second-order valence-electron chi connectivity index (χ2n) is 6.93. The third-order valence-electron chi connectivity index (χ3n) is 4.18. The van der Waals surface area contributed by atoms with Crippen molar-refractivity contribution >= 4 is 10.0 Å². The van der Waals surface area contributed by atoms with E-state index in [-0.39, 0.29) is 17.9 Å². The van der Waals surface area contributed by atoms with Crippen molar-refractivity contribution in [3.63, 3.8) is 0 Å². The highest BCUT2D eigenvalue weighted by molar-refractivity contribution is 7.89. The van der Waals surface area contributed by atoms with Crippen LogP contribution in [-0.2, 0) is 15.4 Å². The van der Waals surface area contributed by atoms with Gasteiger partial charge < -0.3 is 5.11 Å². The van der Waals surface area contributed by atoms with Gasteiger partial charge in [-0.2, -0.15) is 4.31 Å². The van der Waals surface area contributed by atoms with Crippen molar-refractivity contribution < 1.29 is 13.5 Å². The van der Waals surface area contributed by atoms with Gasteiger partial charge in [0, 0.05) is 19.7 Å². The standard InChI is InChI=1S/C16H25NO3S/c1-12-5-6-14(16(2,3)4)9-15(12)21(19,20)17-8-7-13(10-17)11-18/h5-6,9,13,18H,7-8,10-11H2,1-4H3. The molecule has 1 fully saturated rings. The molecular weight excluding hydrogens is 286 g/mol. The Labute approximate surface area is 127 Å². The predicted octanol–water partition coefficient (Wildman–Crippen LogP) is 2.30. The fraction of sp³-hybridized carbons (Fsp3) is 0.625. The van der Waals surface area contributed by atoms with Gasteiger partial charge in [-0.3, -0.25) is 0 Å². The van der Waals surface area contributed by atoms with Crippen molar-refractivity contribution in [2.45, 2.75) is 44.4 Å². The minimum atomic E-state index is -3.47. The van der Waals surface area contributed by atoms with Gasteiger partial charge in [0.1, 0.15) is 0 Å². The van der Waals surface area contributed by atoms with Gasteiger partial charge >= 0.3 is 0 Å². The summed E-state index contributed by atoms with van der Waals surface area (Å²) in [5.41, 5.74) is 1.70. The Hall–Kier alpha value is -0.910. The van der Waals surface area contributed by atoms with Crippen molar-refractivity contribution in [2.75, 3.05) is 19.7 Å². The first kappa shape index (κ1) is 16.5. The molecular formula is C16H25NO3S. The summed E-state index contributed by atoms with van der Waals surface area (Å²) in [4.78, 5) is 0.397. The lowest BCUT2D eigenvalue weighted by molar-refractivity contribution is 0.233. The lowest BCUT2D eigenvalue weighted by atomic mass is 9.87. The Balaban J connectivity index is 2.41. The van der Waals surface area contributed by atoms with Gasteiger partial charge in [-0.1, -0.05) is 32.9 Å². The van der Waals surface area contributed by atoms with Gasteiger partial charge in [-0.05, 0) is 41.9 Å². The van der Waals surface area contributed by atoms with Crippen LogP contribution in [0, 0.1) is 12.8 Å². The van der Waals surface area contributed by atoms with Crippen LogP contribution in [0.1, 0.15) is 38.3 Å². The largest absolute Gasteiger partial charge is 0.396 e. The summed E-state index contributed by atoms with van der Waals surface area (Å²) in [5, 5.41) is 9.20. The lowest BCUT2D eigenvalue weighted by Crippen LogP contribution is -2.30. The average Bonchev–Trinajstić information content (AvgIpc) is 2.87. The molecule has 1 aromatic rings. The maximum atomic E-state index is 12.8. The summed E-state index contributed by atoms with van der Waals surface area (Å²) in [6.45, 7) is 9.01. The summed E-state index contributed by atoms with van der Waals surface area (Å²) >= 11 is 0. The van der Waals surface area contributed by atoms with Crippen LogP contribution < -0.4 is 0 Å². The van der Waals surface area contributed by atoms with Crippen LogP contribution in [-0.4, -0.2) is 37.5 Å². The molecule has 1 aliphatic rings. The van der Waals surface area contributed by atoms with E-state index in [0.717, 1.165) is 17.5 Å². The van der Waals surface area contributed by atoms with E-state index in [1.54, 1.807) is 6.07 Å². The first-order chi connectivity index (χ1) is 9.66. The predicted molar refractivity (Wildman–Crippen MR) is 83.8 cm³/mol. The molecule has 0 radical (unpaired) electrons. The van der Waals surface area contributed by atoms with Gasteiger partial charge in [0.15, 0.2) is 0 Å². The molecule has 1 atom stereocenters. The summed E-state index contributed by atoms with van der Waals surface area (Å²) in [6.07, 6.45) is 0.730. The molecule has 118 valence electrons. The Bertz CT molecular complexity index is 617. The third-order valence-corrected chi connectivity index (χ3v) is 6.19. The highest BCUT2D eigenvalue weighted by Gasteiger charge is 2.33. The molecule has 4 nitrogen and oxygen atoms in total. The second kappa shape index (κ2) is 5.71. The molecule has 0 bridgehead atoms. The van der Waals surface area contributed by atoms with Crippen molar-refractivity contribution in [1.82, 2.24) is 4.31 Å². The summed E-state index contributed by atoms with van der Waals surface area (Å²) in [5.74, 6) is 0.0610. The molecule has 0 aliphatic carbocycles. The molecule has 1 unspecified atom stereocenters. The van der Waals surface area contributed by atoms with Crippen LogP contribution in [0.25, 0.3) is 0 Å². The van der Waals surface area contributed by atoms with Gasteiger partial charge in [0.05, 0.1) is 4.90 Å². The molecule has 1 saturated heterocycles. The van der Waals surface area contributed by atoms with Crippen LogP contribution in [0.5, 0.6) is 0 Å². The Morgan fingerprint density at radius 2 is 2.00 bits per heavy atom. The smallest absolute Gasteiger partial charge is 0.243 e. The number of aliphatic hydroxyl groups excluding tert-OH is 1. The fourth-order valence-corrected chi connectivity index (χ4v) is 4.43. The van der Waals surface area contributed by atoms with E-state index in [1.807, 2.05) is 19.1 Å². The van der Waals surface area contributed by atoms with E-state index in [0.29, 0.717) is 18.0 Å². The highest BCUT2D eigenvalue weighted by Crippen LogP contribution is 2.30. The number of aryl methyl sites for hydroxylation is 1. The molecule has 2 rings (SSSR count). The maximum absolute atomic E-state index is 12.8. The molecule has 0 spiro atoms. The van der Waals surface area contributed by atoms with Crippen molar-refractivity contribution in [1.29, 1.82) is 0 Å². The quantitative estimate of drug-likeness (QED) is 0.932. The van der Waals surface area contributed by atoms with Crippen LogP contribution in [0.3, 0.4) is 0 Å². The molecule has 1 aliphatic heterocycles. The zero-order chi connectivity index (χ0) is 15.8. The first-order valence-corrected chi connectivity index (χ1v) is 8.82. The minimum Gasteiger partial charge on any atom is -0.396 e. The summed E-state index contributed by atoms with van der Waals surface area (Å²) in [7, 11) is -3.47. The monoisotopic (exact) mass is 311 g/mol. The lowest BCUT2D eigenvalue weighted by Gasteiger charge is -2.23. The Morgan fingerprint density at radius 1 is 1.33 bits per heavy atom. The number of sulfonamides is 1. The minimum absolute atomic E-state index is 0.0486. The maximum Gasteiger partial charge on any atom is 0.243 e. The molecule has 1 N–H and O–H groups in total. The normalized spacial score (nSPS) is 20.9. The van der Waals surface area contributed by atoms with E-state index in [1.165, 1.54) is 4.31 Å². The topological polar surface area (TPSA) is 57.6 Å². The van der Waals surface area contributed by atoms with E-state index < -0.39 is 10.0 Å². The molecule has 0 saturated carbocycles. The van der Waals surface area contributed by atoms with Gasteiger partial charge in [0.25, 0.3) is 0 Å². The van der Waals surface area contributed by atoms with Gasteiger partial charge in [-0.15, -0.1) is 0 Å². The number of benzene rings is 1. The summed E-state index contributed by atoms with van der Waals surface area (Å²) in [6, 6.07) is 5.68. The van der Waals surface area contributed by atoms with Gasteiger partial charge in [0.2, 0.25) is 10.0 Å². The van der Waals surface area contributed by atoms with Crippen molar-refractivity contribution in [2.24, 2.45) is 5.92 Å². The molecule has 1 heterocycles. The molecule has 21 heavy (non-hydrogen) atoms. The number of rotatable bonds is 3. The van der Waals surface area contributed by atoms with Crippen LogP contribution >= 0.6 is 0 Å². The van der Waals surface area contributed by atoms with E-state index >= 15 is 0 Å². The van der Waals surface area contributed by atoms with Crippen molar-refractivity contribution in [3.8, 4) is 0 Å². The second-order valence-corrected chi connectivity index (χ2v) is 8.84. The van der Waals surface area contributed by atoms with Gasteiger partial charge in [-0.25, -0.2) is 8.42 Å². The zero-order valence-corrected chi connectivity index (χ0v) is 14.1. The summed E-state index contributed by atoms with van der Waals surface area (Å²) < 4.78 is 27.2. The molecule has 0 amide bonds. The van der Waals surface area contributed by atoms with E-state index in [9.17, 15) is 13.5 Å². The van der Waals surface area contributed by atoms with Crippen LogP contribution in [0.2, 0.25) is 0 Å². The van der Waals surface area contributed by atoms with Crippen LogP contribution in [0.4, 0.5) is 0 Å². The zero-order valence-electron chi connectivity index (χ0n) is 13.3. The van der Waals surface area contributed by atoms with E-state index in [2.05, 4.69) is 20.8 Å².